The van der Waals surface area contributed by atoms with Crippen LogP contribution >= 0.6 is 0 Å². The zero-order chi connectivity index (χ0) is 32.8. The summed E-state index contributed by atoms with van der Waals surface area (Å²) in [4.78, 5) is 25.6. The van der Waals surface area contributed by atoms with Crippen molar-refractivity contribution in [3.05, 3.63) is 36.4 Å². The Morgan fingerprint density at radius 3 is 2.55 bits per heavy atom. The first-order valence-corrected chi connectivity index (χ1v) is 17.2. The second kappa shape index (κ2) is 12.2. The SMILES string of the molecule is C=C[C@]1(C)C[C@@H](OC(=O)COc2ccc3c(c2)B(O)N(S(C)(=O)=O)N=C3)[C@]2(C)[C@H](C)CC[C@@](CCC(C)=O)([C@H]2C)[C@@H](C)[C@@H]1O. The van der Waals surface area contributed by atoms with Crippen LogP contribution in [0.3, 0.4) is 0 Å². The number of nitrogens with zero attached hydrogens (tertiary/aromatic N) is 2. The van der Waals surface area contributed by atoms with Crippen molar-refractivity contribution in [1.82, 2.24) is 4.33 Å². The fraction of sp³-hybridized carbons (Fsp3) is 0.656. The smallest absolute Gasteiger partial charge is 0.482 e. The Balaban J connectivity index is 1.60. The second-order valence-corrected chi connectivity index (χ2v) is 15.7. The van der Waals surface area contributed by atoms with Gasteiger partial charge in [-0.05, 0) is 78.9 Å². The molecule has 0 amide bonds. The van der Waals surface area contributed by atoms with Gasteiger partial charge in [-0.2, -0.15) is 5.10 Å². The molecule has 1 aliphatic heterocycles. The van der Waals surface area contributed by atoms with Crippen LogP contribution in [-0.2, 0) is 24.3 Å². The van der Waals surface area contributed by atoms with Gasteiger partial charge in [-0.3, -0.25) is 0 Å². The molecule has 1 aromatic rings. The molecule has 12 heteroatoms. The molecule has 2 saturated carbocycles. The molecule has 4 rings (SSSR count). The molecule has 0 unspecified atom stereocenters. The van der Waals surface area contributed by atoms with Gasteiger partial charge in [0.15, 0.2) is 6.61 Å². The van der Waals surface area contributed by atoms with E-state index in [1.807, 2.05) is 6.92 Å². The number of carbonyl (C=O) groups is 2. The average molecular weight is 631 g/mol. The first kappa shape index (κ1) is 34.2. The average Bonchev–Trinajstić information content (AvgIpc) is 2.96. The van der Waals surface area contributed by atoms with Crippen molar-refractivity contribution in [2.45, 2.75) is 85.9 Å². The number of rotatable bonds is 9. The Morgan fingerprint density at radius 1 is 1.25 bits per heavy atom. The van der Waals surface area contributed by atoms with Gasteiger partial charge in [0.25, 0.3) is 0 Å². The molecule has 3 aliphatic rings. The largest absolute Gasteiger partial charge is 0.484 e. The van der Waals surface area contributed by atoms with Crippen LogP contribution in [0.5, 0.6) is 5.75 Å². The standard InChI is InChI=1S/C32H47BN2O8S/c1-9-30(6)17-27(31(7)20(2)12-14-32(23(31)5,15-13-21(3)36)22(4)29(30)38)43-28(37)19-42-25-11-10-24-18-34-35(44(8,40)41)33(39)26(24)16-25/h9-11,16,18,20,22-23,27,29,38-39H,1,12-15,17,19H2,2-8H3/t20-,22+,23+,27-,29+,30-,31-,32+/m1/s1. The van der Waals surface area contributed by atoms with E-state index in [-0.39, 0.29) is 40.2 Å². The van der Waals surface area contributed by atoms with Crippen molar-refractivity contribution < 1.29 is 37.6 Å². The van der Waals surface area contributed by atoms with Crippen molar-refractivity contribution >= 4 is 40.5 Å². The van der Waals surface area contributed by atoms with Crippen LogP contribution in [-0.4, -0.2) is 73.0 Å². The molecule has 2 bridgehead atoms. The predicted molar refractivity (Wildman–Crippen MR) is 170 cm³/mol. The van der Waals surface area contributed by atoms with E-state index < -0.39 is 52.7 Å². The van der Waals surface area contributed by atoms with E-state index in [1.54, 1.807) is 25.1 Å². The number of benzene rings is 1. The number of carbonyl (C=O) groups excluding carboxylic acids is 2. The summed E-state index contributed by atoms with van der Waals surface area (Å²) >= 11 is 0. The third kappa shape index (κ3) is 5.97. The number of hydrazone groups is 1. The molecule has 1 heterocycles. The van der Waals surface area contributed by atoms with Crippen LogP contribution in [0.2, 0.25) is 0 Å². The van der Waals surface area contributed by atoms with Crippen LogP contribution in [0.15, 0.2) is 36.0 Å². The van der Waals surface area contributed by atoms with E-state index in [1.165, 1.54) is 12.3 Å². The number of ether oxygens (including phenoxy) is 2. The van der Waals surface area contributed by atoms with Crippen molar-refractivity contribution in [3.63, 3.8) is 0 Å². The lowest BCUT2D eigenvalue weighted by Crippen LogP contribution is -2.62. The van der Waals surface area contributed by atoms with Crippen LogP contribution in [0, 0.1) is 34.0 Å². The van der Waals surface area contributed by atoms with Crippen molar-refractivity contribution in [2.75, 3.05) is 12.9 Å². The van der Waals surface area contributed by atoms with E-state index in [0.29, 0.717) is 29.2 Å². The van der Waals surface area contributed by atoms with Gasteiger partial charge < -0.3 is 24.4 Å². The number of sulfonamides is 1. The maximum absolute atomic E-state index is 13.4. The maximum Gasteiger partial charge on any atom is 0.484 e. The Morgan fingerprint density at radius 2 is 1.93 bits per heavy atom. The summed E-state index contributed by atoms with van der Waals surface area (Å²) in [6.45, 7) is 15.9. The summed E-state index contributed by atoms with van der Waals surface area (Å²) in [6, 6.07) is 4.72. The fourth-order valence-corrected chi connectivity index (χ4v) is 8.84. The number of aliphatic hydroxyl groups excluding tert-OH is 1. The number of hydrogen-bond acceptors (Lipinski definition) is 9. The highest BCUT2D eigenvalue weighted by atomic mass is 32.2. The Hall–Kier alpha value is -2.70. The molecule has 242 valence electrons. The van der Waals surface area contributed by atoms with Crippen LogP contribution in [0.4, 0.5) is 0 Å². The molecular weight excluding hydrogens is 583 g/mol. The first-order valence-electron chi connectivity index (χ1n) is 15.4. The molecule has 10 nitrogen and oxygen atoms in total. The number of hydrogen-bond donors (Lipinski definition) is 2. The van der Waals surface area contributed by atoms with Crippen molar-refractivity contribution in [1.29, 1.82) is 0 Å². The van der Waals surface area contributed by atoms with E-state index in [4.69, 9.17) is 9.47 Å². The predicted octanol–water partition coefficient (Wildman–Crippen LogP) is 3.29. The molecule has 0 spiro atoms. The molecule has 2 fully saturated rings. The van der Waals surface area contributed by atoms with Crippen molar-refractivity contribution in [2.24, 2.45) is 39.1 Å². The number of Topliss-reactive ketones (excluding diaryl/α,β-unsaturated/α-hetero) is 1. The van der Waals surface area contributed by atoms with E-state index in [0.717, 1.165) is 19.1 Å². The summed E-state index contributed by atoms with van der Waals surface area (Å²) in [6.07, 6.45) is 5.98. The maximum atomic E-state index is 13.4. The molecule has 0 radical (unpaired) electrons. The number of esters is 1. The topological polar surface area (TPSA) is 143 Å². The molecule has 44 heavy (non-hydrogen) atoms. The minimum absolute atomic E-state index is 0.0393. The molecule has 0 aromatic heterocycles. The quantitative estimate of drug-likeness (QED) is 0.241. The van der Waals surface area contributed by atoms with E-state index in [9.17, 15) is 28.1 Å². The zero-order valence-corrected chi connectivity index (χ0v) is 27.8. The van der Waals surface area contributed by atoms with Crippen LogP contribution in [0.1, 0.15) is 79.2 Å². The highest BCUT2D eigenvalue weighted by Gasteiger charge is 2.62. The summed E-state index contributed by atoms with van der Waals surface area (Å²) in [5.41, 5.74) is -0.716. The Labute approximate surface area is 262 Å². The molecule has 0 saturated heterocycles. The summed E-state index contributed by atoms with van der Waals surface area (Å²) in [5.74, 6) is -0.0574. The lowest BCUT2D eigenvalue weighted by molar-refractivity contribution is -0.213. The molecular formula is C32H47BN2O8S. The monoisotopic (exact) mass is 630 g/mol. The van der Waals surface area contributed by atoms with Crippen LogP contribution in [0.25, 0.3) is 0 Å². The highest BCUT2D eigenvalue weighted by Crippen LogP contribution is 2.65. The van der Waals surface area contributed by atoms with Gasteiger partial charge in [0.1, 0.15) is 17.6 Å². The van der Waals surface area contributed by atoms with Gasteiger partial charge in [-0.15, -0.1) is 6.58 Å². The first-order chi connectivity index (χ1) is 20.4. The summed E-state index contributed by atoms with van der Waals surface area (Å²) in [7, 11) is -5.33. The minimum Gasteiger partial charge on any atom is -0.482 e. The van der Waals surface area contributed by atoms with Gasteiger partial charge >= 0.3 is 13.0 Å². The van der Waals surface area contributed by atoms with Gasteiger partial charge in [0.05, 0.1) is 18.6 Å². The summed E-state index contributed by atoms with van der Waals surface area (Å²) in [5, 5.41) is 26.3. The third-order valence-electron chi connectivity index (χ3n) is 11.5. The molecule has 8 atom stereocenters. The molecule has 2 aliphatic carbocycles. The van der Waals surface area contributed by atoms with Gasteiger partial charge in [-0.1, -0.05) is 46.8 Å². The van der Waals surface area contributed by atoms with Gasteiger partial charge in [0.2, 0.25) is 10.0 Å². The molecule has 1 aromatic carbocycles. The zero-order valence-electron chi connectivity index (χ0n) is 26.9. The normalized spacial score (nSPS) is 35.2. The third-order valence-corrected chi connectivity index (χ3v) is 12.5. The number of ketones is 1. The second-order valence-electron chi connectivity index (χ2n) is 13.8. The number of aliphatic hydroxyl groups is 1. The summed E-state index contributed by atoms with van der Waals surface area (Å²) < 4.78 is 36.7. The fourth-order valence-electron chi connectivity index (χ4n) is 8.14. The van der Waals surface area contributed by atoms with Crippen molar-refractivity contribution in [3.8, 4) is 5.75 Å². The molecule has 2 N–H and O–H groups in total. The number of fused-ring (bicyclic) bond motifs is 3. The Bertz CT molecular complexity index is 1430. The van der Waals surface area contributed by atoms with E-state index >= 15 is 0 Å². The van der Waals surface area contributed by atoms with Crippen LogP contribution < -0.4 is 10.2 Å². The minimum atomic E-state index is -3.80. The lowest BCUT2D eigenvalue weighted by Gasteiger charge is -2.64. The van der Waals surface area contributed by atoms with Gasteiger partial charge in [-0.25, -0.2) is 17.5 Å². The Kier molecular flexibility index (Phi) is 9.51. The van der Waals surface area contributed by atoms with Gasteiger partial charge in [0, 0.05) is 17.3 Å². The lowest BCUT2D eigenvalue weighted by atomic mass is 9.42. The highest BCUT2D eigenvalue weighted by molar-refractivity contribution is 7.89. The van der Waals surface area contributed by atoms with E-state index in [2.05, 4.69) is 39.4 Å².